The largest absolute Gasteiger partial charge is 0.481 e. The van der Waals surface area contributed by atoms with Crippen LogP contribution in [0.4, 0.5) is 0 Å². The van der Waals surface area contributed by atoms with E-state index in [4.69, 9.17) is 5.11 Å². The maximum absolute atomic E-state index is 10.3. The first-order chi connectivity index (χ1) is 10.8. The fourth-order valence-electron chi connectivity index (χ4n) is 1.86. The maximum atomic E-state index is 10.3. The summed E-state index contributed by atoms with van der Waals surface area (Å²) in [5.74, 6) is -0.753. The lowest BCUT2D eigenvalue weighted by Crippen LogP contribution is -1.91. The lowest BCUT2D eigenvalue weighted by atomic mass is 10.1. The van der Waals surface area contributed by atoms with Crippen LogP contribution in [-0.4, -0.2) is 11.1 Å². The number of carbonyl (C=O) groups is 1. The first kappa shape index (κ1) is 20.2. The molecule has 0 aromatic carbocycles. The molecule has 22 heavy (non-hydrogen) atoms. The van der Waals surface area contributed by atoms with Crippen LogP contribution in [0.1, 0.15) is 58.3 Å². The van der Waals surface area contributed by atoms with Crippen molar-refractivity contribution in [1.82, 2.24) is 0 Å². The Labute approximate surface area is 135 Å². The summed E-state index contributed by atoms with van der Waals surface area (Å²) in [4.78, 5) is 10.3. The Bertz CT molecular complexity index is 398. The Hall–Kier alpha value is -1.83. The zero-order chi connectivity index (χ0) is 16.3. The highest BCUT2D eigenvalue weighted by molar-refractivity contribution is 5.66. The van der Waals surface area contributed by atoms with Crippen molar-refractivity contribution in [3.8, 4) is 0 Å². The summed E-state index contributed by atoms with van der Waals surface area (Å²) < 4.78 is 0. The standard InChI is InChI=1S/C20H30O2/c1-2-3-4-5-6-7-8-9-10-11-12-13-14-15-16-17-18-19-20(21)22/h2-3,10-17H,4-9,18-19H2,1H3,(H,21,22)/b3-2+,11-10+,13-12+,15-14+,17-16+. The van der Waals surface area contributed by atoms with Gasteiger partial charge in [0, 0.05) is 6.42 Å². The molecule has 0 fully saturated rings. The fraction of sp³-hybridized carbons (Fsp3) is 0.450. The van der Waals surface area contributed by atoms with Crippen LogP contribution in [0.2, 0.25) is 0 Å². The summed E-state index contributed by atoms with van der Waals surface area (Å²) in [6, 6.07) is 0. The molecule has 1 N–H and O–H groups in total. The fourth-order valence-corrected chi connectivity index (χ4v) is 1.86. The van der Waals surface area contributed by atoms with E-state index < -0.39 is 5.97 Å². The van der Waals surface area contributed by atoms with Gasteiger partial charge in [0.05, 0.1) is 0 Å². The van der Waals surface area contributed by atoms with Gasteiger partial charge in [0.1, 0.15) is 0 Å². The van der Waals surface area contributed by atoms with Gasteiger partial charge >= 0.3 is 5.97 Å². The predicted octanol–water partition coefficient (Wildman–Crippen LogP) is 5.99. The van der Waals surface area contributed by atoms with E-state index in [0.29, 0.717) is 6.42 Å². The monoisotopic (exact) mass is 302 g/mol. The summed E-state index contributed by atoms with van der Waals surface area (Å²) in [5.41, 5.74) is 0. The normalized spacial score (nSPS) is 12.8. The van der Waals surface area contributed by atoms with Gasteiger partial charge in [-0.1, -0.05) is 73.6 Å². The molecule has 0 unspecified atom stereocenters. The molecule has 122 valence electrons. The van der Waals surface area contributed by atoms with Gasteiger partial charge < -0.3 is 5.11 Å². The lowest BCUT2D eigenvalue weighted by molar-refractivity contribution is -0.136. The number of aliphatic carboxylic acids is 1. The van der Waals surface area contributed by atoms with E-state index in [-0.39, 0.29) is 6.42 Å². The number of carboxylic acids is 1. The smallest absolute Gasteiger partial charge is 0.303 e. The Balaban J connectivity index is 3.46. The molecule has 0 aromatic rings. The van der Waals surface area contributed by atoms with E-state index in [0.717, 1.165) is 6.42 Å². The molecule has 2 nitrogen and oxygen atoms in total. The van der Waals surface area contributed by atoms with Gasteiger partial charge in [-0.3, -0.25) is 4.79 Å². The minimum Gasteiger partial charge on any atom is -0.481 e. The zero-order valence-electron chi connectivity index (χ0n) is 13.8. The Morgan fingerprint density at radius 3 is 1.77 bits per heavy atom. The van der Waals surface area contributed by atoms with E-state index >= 15 is 0 Å². The third-order valence-corrected chi connectivity index (χ3v) is 3.08. The van der Waals surface area contributed by atoms with Crippen LogP contribution < -0.4 is 0 Å². The highest BCUT2D eigenvalue weighted by Gasteiger charge is 1.90. The third-order valence-electron chi connectivity index (χ3n) is 3.08. The number of unbranched alkanes of at least 4 members (excludes halogenated alkanes) is 5. The molecule has 0 aliphatic carbocycles. The second kappa shape index (κ2) is 17.2. The van der Waals surface area contributed by atoms with E-state index in [1.54, 1.807) is 0 Å². The Morgan fingerprint density at radius 2 is 1.23 bits per heavy atom. The van der Waals surface area contributed by atoms with Gasteiger partial charge in [0.15, 0.2) is 0 Å². The average molecular weight is 302 g/mol. The maximum Gasteiger partial charge on any atom is 0.303 e. The minimum absolute atomic E-state index is 0.193. The van der Waals surface area contributed by atoms with Crippen molar-refractivity contribution in [2.75, 3.05) is 0 Å². The van der Waals surface area contributed by atoms with Gasteiger partial charge in [0.2, 0.25) is 0 Å². The molecule has 0 aromatic heterocycles. The molecule has 0 aliphatic rings. The van der Waals surface area contributed by atoms with Crippen LogP contribution in [0.25, 0.3) is 0 Å². The minimum atomic E-state index is -0.753. The second-order valence-electron chi connectivity index (χ2n) is 5.12. The topological polar surface area (TPSA) is 37.3 Å². The van der Waals surface area contributed by atoms with Crippen LogP contribution in [0.5, 0.6) is 0 Å². The highest BCUT2D eigenvalue weighted by Crippen LogP contribution is 2.06. The second-order valence-corrected chi connectivity index (χ2v) is 5.12. The zero-order valence-corrected chi connectivity index (χ0v) is 13.8. The third kappa shape index (κ3) is 18.2. The van der Waals surface area contributed by atoms with Crippen LogP contribution in [0.15, 0.2) is 60.8 Å². The van der Waals surface area contributed by atoms with Crippen molar-refractivity contribution in [2.24, 2.45) is 0 Å². The van der Waals surface area contributed by atoms with E-state index in [1.807, 2.05) is 36.5 Å². The van der Waals surface area contributed by atoms with E-state index in [1.165, 1.54) is 32.1 Å². The van der Waals surface area contributed by atoms with Crippen LogP contribution in [0.3, 0.4) is 0 Å². The van der Waals surface area contributed by atoms with E-state index in [9.17, 15) is 4.79 Å². The summed E-state index contributed by atoms with van der Waals surface area (Å²) in [6.45, 7) is 2.07. The number of hydrogen-bond donors (Lipinski definition) is 1. The van der Waals surface area contributed by atoms with Crippen LogP contribution in [0, 0.1) is 0 Å². The van der Waals surface area contributed by atoms with Crippen molar-refractivity contribution in [2.45, 2.75) is 58.3 Å². The Kier molecular flexibility index (Phi) is 15.8. The average Bonchev–Trinajstić information content (AvgIpc) is 2.50. The summed E-state index contributed by atoms with van der Waals surface area (Å²) in [5, 5.41) is 8.47. The molecule has 0 aliphatic heterocycles. The number of allylic oxidation sites excluding steroid dienone is 10. The van der Waals surface area contributed by atoms with Gasteiger partial charge in [-0.25, -0.2) is 0 Å². The van der Waals surface area contributed by atoms with Crippen LogP contribution in [-0.2, 0) is 4.79 Å². The predicted molar refractivity (Wildman–Crippen MR) is 95.9 cm³/mol. The van der Waals surface area contributed by atoms with Crippen molar-refractivity contribution in [3.63, 3.8) is 0 Å². The molecule has 0 rings (SSSR count). The molecule has 0 amide bonds. The first-order valence-electron chi connectivity index (χ1n) is 8.25. The van der Waals surface area contributed by atoms with Crippen LogP contribution >= 0.6 is 0 Å². The molecule has 0 saturated carbocycles. The summed E-state index contributed by atoms with van der Waals surface area (Å²) in [7, 11) is 0. The van der Waals surface area contributed by atoms with Crippen molar-refractivity contribution in [1.29, 1.82) is 0 Å². The quantitative estimate of drug-likeness (QED) is 0.258. The molecule has 0 radical (unpaired) electrons. The number of rotatable bonds is 13. The number of hydrogen-bond acceptors (Lipinski definition) is 1. The van der Waals surface area contributed by atoms with Crippen molar-refractivity contribution in [3.05, 3.63) is 60.8 Å². The highest BCUT2D eigenvalue weighted by atomic mass is 16.4. The molecule has 2 heteroatoms. The SMILES string of the molecule is C/C=C/CCCCCC/C=C/C=C/C=C/C=C/CCC(=O)O. The molecule has 0 atom stereocenters. The van der Waals surface area contributed by atoms with Gasteiger partial charge in [0.25, 0.3) is 0 Å². The molecule has 0 saturated heterocycles. The van der Waals surface area contributed by atoms with Crippen molar-refractivity contribution < 1.29 is 9.90 Å². The Morgan fingerprint density at radius 1 is 0.727 bits per heavy atom. The molecule has 0 spiro atoms. The summed E-state index contributed by atoms with van der Waals surface area (Å²) in [6.07, 6.45) is 28.6. The first-order valence-corrected chi connectivity index (χ1v) is 8.25. The number of carboxylic acid groups (broad SMARTS) is 1. The molecular weight excluding hydrogens is 272 g/mol. The van der Waals surface area contributed by atoms with E-state index in [2.05, 4.69) is 31.2 Å². The molecular formula is C20H30O2. The van der Waals surface area contributed by atoms with Gasteiger partial charge in [-0.05, 0) is 39.0 Å². The van der Waals surface area contributed by atoms with Crippen molar-refractivity contribution >= 4 is 5.97 Å². The molecule has 0 heterocycles. The van der Waals surface area contributed by atoms with Gasteiger partial charge in [-0.15, -0.1) is 0 Å². The molecule has 0 bridgehead atoms. The van der Waals surface area contributed by atoms with Gasteiger partial charge in [-0.2, -0.15) is 0 Å². The summed E-state index contributed by atoms with van der Waals surface area (Å²) >= 11 is 0. The lowest BCUT2D eigenvalue weighted by Gasteiger charge is -1.96.